The molecule has 0 amide bonds. The number of aliphatic hydroxyl groups excluding tert-OH is 2. The molecule has 0 unspecified atom stereocenters. The molecule has 1 fully saturated rings. The van der Waals surface area contributed by atoms with Crippen molar-refractivity contribution in [3.63, 3.8) is 0 Å². The predicted octanol–water partition coefficient (Wildman–Crippen LogP) is -0.665. The highest BCUT2D eigenvalue weighted by Crippen LogP contribution is 2.13. The molecule has 1 heterocycles. The molecule has 0 saturated carbocycles. The fourth-order valence-corrected chi connectivity index (χ4v) is 0.907. The van der Waals surface area contributed by atoms with Gasteiger partial charge in [0.05, 0.1) is 13.2 Å². The van der Waals surface area contributed by atoms with E-state index < -0.39 is 12.1 Å². The first kappa shape index (κ1) is 14.1. The van der Waals surface area contributed by atoms with Gasteiger partial charge in [-0.1, -0.05) is 0 Å². The summed E-state index contributed by atoms with van der Waals surface area (Å²) in [6.07, 6.45) is -4.17. The largest absolute Gasteiger partial charge is 0.490 e. The summed E-state index contributed by atoms with van der Waals surface area (Å²) < 4.78 is 31.7. The fraction of sp³-hybridized carbons (Fsp3) is 0.857. The Kier molecular flexibility index (Phi) is 5.55. The summed E-state index contributed by atoms with van der Waals surface area (Å²) in [6, 6.07) is 0.485. The Balaban J connectivity index is 0.000000265. The Morgan fingerprint density at radius 3 is 1.67 bits per heavy atom. The molecule has 0 aliphatic carbocycles. The molecular weight excluding hydrogens is 219 g/mol. The van der Waals surface area contributed by atoms with Gasteiger partial charge >= 0.3 is 12.1 Å². The Morgan fingerprint density at radius 1 is 1.27 bits per heavy atom. The smallest absolute Gasteiger partial charge is 0.475 e. The third-order valence-electron chi connectivity index (χ3n) is 1.72. The van der Waals surface area contributed by atoms with Crippen LogP contribution in [-0.4, -0.2) is 52.8 Å². The average molecular weight is 231 g/mol. The van der Waals surface area contributed by atoms with Crippen LogP contribution in [0.25, 0.3) is 0 Å². The van der Waals surface area contributed by atoms with Gasteiger partial charge in [0, 0.05) is 12.1 Å². The van der Waals surface area contributed by atoms with E-state index in [1.165, 1.54) is 0 Å². The van der Waals surface area contributed by atoms with Crippen LogP contribution >= 0.6 is 0 Å². The summed E-state index contributed by atoms with van der Waals surface area (Å²) in [5.41, 5.74) is 0. The van der Waals surface area contributed by atoms with E-state index in [-0.39, 0.29) is 25.3 Å². The minimum Gasteiger partial charge on any atom is -0.475 e. The van der Waals surface area contributed by atoms with Gasteiger partial charge in [-0.05, 0) is 6.42 Å². The lowest BCUT2D eigenvalue weighted by Gasteiger charge is -2.34. The molecule has 5 nitrogen and oxygen atoms in total. The fourth-order valence-electron chi connectivity index (χ4n) is 0.907. The van der Waals surface area contributed by atoms with Crippen LogP contribution in [0.15, 0.2) is 0 Å². The first-order chi connectivity index (χ1) is 6.81. The second-order valence-electron chi connectivity index (χ2n) is 2.96. The van der Waals surface area contributed by atoms with Crippen molar-refractivity contribution in [1.82, 2.24) is 5.32 Å². The third kappa shape index (κ3) is 5.55. The predicted molar refractivity (Wildman–Crippen MR) is 43.2 cm³/mol. The highest BCUT2D eigenvalue weighted by atomic mass is 19.4. The number of hydrogen-bond acceptors (Lipinski definition) is 4. The lowest BCUT2D eigenvalue weighted by atomic mass is 9.99. The van der Waals surface area contributed by atoms with Crippen molar-refractivity contribution in [3.8, 4) is 0 Å². The summed E-state index contributed by atoms with van der Waals surface area (Å²) >= 11 is 0. The quantitative estimate of drug-likeness (QED) is 0.506. The van der Waals surface area contributed by atoms with Gasteiger partial charge in [-0.25, -0.2) is 4.79 Å². The van der Waals surface area contributed by atoms with Gasteiger partial charge < -0.3 is 20.6 Å². The molecule has 1 saturated heterocycles. The van der Waals surface area contributed by atoms with Gasteiger partial charge in [0.2, 0.25) is 0 Å². The number of rotatable bonds is 2. The molecule has 0 spiro atoms. The first-order valence-electron chi connectivity index (χ1n) is 4.09. The van der Waals surface area contributed by atoms with Crippen LogP contribution in [0.1, 0.15) is 6.42 Å². The van der Waals surface area contributed by atoms with Crippen molar-refractivity contribution >= 4 is 5.97 Å². The van der Waals surface area contributed by atoms with Crippen LogP contribution in [0.5, 0.6) is 0 Å². The zero-order chi connectivity index (χ0) is 12.1. The van der Waals surface area contributed by atoms with E-state index >= 15 is 0 Å². The topological polar surface area (TPSA) is 89.8 Å². The summed E-state index contributed by atoms with van der Waals surface area (Å²) in [6.45, 7) is 0.382. The van der Waals surface area contributed by atoms with Crippen molar-refractivity contribution in [1.29, 1.82) is 0 Å². The highest BCUT2D eigenvalue weighted by Gasteiger charge is 2.38. The number of carboxylic acid groups (broad SMARTS) is 1. The second kappa shape index (κ2) is 5.89. The normalized spacial score (nSPS) is 24.9. The van der Waals surface area contributed by atoms with Gasteiger partial charge in [0.15, 0.2) is 0 Å². The zero-order valence-corrected chi connectivity index (χ0v) is 7.66. The maximum absolute atomic E-state index is 10.6. The number of aliphatic hydroxyl groups is 2. The van der Waals surface area contributed by atoms with Crippen molar-refractivity contribution in [2.45, 2.75) is 24.7 Å². The van der Waals surface area contributed by atoms with Crippen LogP contribution < -0.4 is 5.32 Å². The van der Waals surface area contributed by atoms with E-state index in [0.29, 0.717) is 0 Å². The molecule has 0 aromatic carbocycles. The average Bonchev–Trinajstić information content (AvgIpc) is 2.02. The molecule has 8 heteroatoms. The van der Waals surface area contributed by atoms with E-state index in [9.17, 15) is 13.2 Å². The second-order valence-corrected chi connectivity index (χ2v) is 2.96. The van der Waals surface area contributed by atoms with Crippen LogP contribution in [-0.2, 0) is 4.79 Å². The number of nitrogens with one attached hydrogen (secondary N) is 1. The maximum atomic E-state index is 10.6. The van der Waals surface area contributed by atoms with Gasteiger partial charge in [-0.2, -0.15) is 13.2 Å². The molecule has 4 N–H and O–H groups in total. The van der Waals surface area contributed by atoms with Crippen molar-refractivity contribution in [3.05, 3.63) is 0 Å². The highest BCUT2D eigenvalue weighted by molar-refractivity contribution is 5.73. The molecule has 2 atom stereocenters. The van der Waals surface area contributed by atoms with E-state index in [1.807, 2.05) is 0 Å². The lowest BCUT2D eigenvalue weighted by Crippen LogP contribution is -2.55. The van der Waals surface area contributed by atoms with E-state index in [0.717, 1.165) is 6.42 Å². The summed E-state index contributed by atoms with van der Waals surface area (Å²) in [7, 11) is 0. The Bertz CT molecular complexity index is 195. The number of carbonyl (C=O) groups is 1. The summed E-state index contributed by atoms with van der Waals surface area (Å²) in [5, 5.41) is 27.0. The zero-order valence-electron chi connectivity index (χ0n) is 7.66. The molecule has 1 aliphatic heterocycles. The summed E-state index contributed by atoms with van der Waals surface area (Å²) in [5.74, 6) is -2.76. The van der Waals surface area contributed by atoms with Crippen LogP contribution in [0.2, 0.25) is 0 Å². The molecular formula is C7H12F3NO4. The van der Waals surface area contributed by atoms with E-state index in [2.05, 4.69) is 5.32 Å². The number of aliphatic carboxylic acids is 1. The summed E-state index contributed by atoms with van der Waals surface area (Å²) in [4.78, 5) is 8.90. The lowest BCUT2D eigenvalue weighted by molar-refractivity contribution is -0.192. The molecule has 90 valence electrons. The van der Waals surface area contributed by atoms with Gasteiger partial charge in [-0.3, -0.25) is 0 Å². The standard InChI is InChI=1S/C5H11NO2.C2HF3O2/c7-2-4-1-5(3-8)6-4;3-2(4,5)1(6)7/h4-8H,1-3H2;(H,6,7)/t4-,5+;. The molecule has 15 heavy (non-hydrogen) atoms. The molecule has 0 aromatic rings. The molecule has 0 bridgehead atoms. The molecule has 1 rings (SSSR count). The van der Waals surface area contributed by atoms with Crippen molar-refractivity contribution in [2.24, 2.45) is 0 Å². The SMILES string of the molecule is O=C(O)C(F)(F)F.OC[C@@H]1C[C@H](CO)N1. The Labute approximate surface area is 83.5 Å². The van der Waals surface area contributed by atoms with Crippen LogP contribution in [0, 0.1) is 0 Å². The monoisotopic (exact) mass is 231 g/mol. The van der Waals surface area contributed by atoms with E-state index in [4.69, 9.17) is 20.1 Å². The van der Waals surface area contributed by atoms with Gasteiger partial charge in [0.1, 0.15) is 0 Å². The van der Waals surface area contributed by atoms with Gasteiger partial charge in [-0.15, -0.1) is 0 Å². The van der Waals surface area contributed by atoms with E-state index in [1.54, 1.807) is 0 Å². The molecule has 0 radical (unpaired) electrons. The number of carboxylic acids is 1. The number of alkyl halides is 3. The van der Waals surface area contributed by atoms with Crippen molar-refractivity contribution < 1.29 is 33.3 Å². The third-order valence-corrected chi connectivity index (χ3v) is 1.72. The molecule has 0 aromatic heterocycles. The van der Waals surface area contributed by atoms with Crippen LogP contribution in [0.3, 0.4) is 0 Å². The minimum atomic E-state index is -5.08. The maximum Gasteiger partial charge on any atom is 0.490 e. The minimum absolute atomic E-state index is 0.191. The molecule has 1 aliphatic rings. The Hall–Kier alpha value is -0.860. The van der Waals surface area contributed by atoms with Gasteiger partial charge in [0.25, 0.3) is 0 Å². The number of hydrogen-bond donors (Lipinski definition) is 4. The van der Waals surface area contributed by atoms with Crippen molar-refractivity contribution in [2.75, 3.05) is 13.2 Å². The van der Waals surface area contributed by atoms with Crippen LogP contribution in [0.4, 0.5) is 13.2 Å². The Morgan fingerprint density at radius 2 is 1.53 bits per heavy atom. The first-order valence-corrected chi connectivity index (χ1v) is 4.09. The number of halogens is 3.